The van der Waals surface area contributed by atoms with Gasteiger partial charge in [-0.05, 0) is 36.4 Å². The average Bonchev–Trinajstić information content (AvgIpc) is 2.59. The van der Waals surface area contributed by atoms with Crippen LogP contribution in [0.4, 0.5) is 11.4 Å². The van der Waals surface area contributed by atoms with Gasteiger partial charge < -0.3 is 20.1 Å². The lowest BCUT2D eigenvalue weighted by Crippen LogP contribution is -2.21. The van der Waals surface area contributed by atoms with E-state index in [1.165, 1.54) is 6.07 Å². The van der Waals surface area contributed by atoms with Gasteiger partial charge in [-0.3, -0.25) is 4.79 Å². The van der Waals surface area contributed by atoms with Gasteiger partial charge in [0.1, 0.15) is 12.4 Å². The smallest absolute Gasteiger partial charge is 0.243 e. The second kappa shape index (κ2) is 9.73. The summed E-state index contributed by atoms with van der Waals surface area (Å²) in [6.45, 7) is 1.02. The van der Waals surface area contributed by atoms with Crippen molar-refractivity contribution in [2.45, 2.75) is 0 Å². The quantitative estimate of drug-likeness (QED) is 0.494. The Bertz CT molecular complexity index is 724. The largest absolute Gasteiger partial charge is 0.491 e. The van der Waals surface area contributed by atoms with Crippen molar-refractivity contribution >= 4 is 52.1 Å². The van der Waals surface area contributed by atoms with Crippen LogP contribution in [0.15, 0.2) is 36.4 Å². The van der Waals surface area contributed by atoms with E-state index in [0.717, 1.165) is 0 Å². The van der Waals surface area contributed by atoms with Gasteiger partial charge in [0.05, 0.1) is 33.9 Å². The first-order valence-electron chi connectivity index (χ1n) is 7.39. The van der Waals surface area contributed by atoms with Crippen LogP contribution in [0.2, 0.25) is 15.1 Å². The normalized spacial score (nSPS) is 10.4. The molecule has 8 heteroatoms. The van der Waals surface area contributed by atoms with Gasteiger partial charge in [-0.1, -0.05) is 34.8 Å². The SMILES string of the molecule is COCCOc1ccc(NC(=O)CNc2cc(Cl)c(Cl)cc2Cl)cc1. The average molecular weight is 404 g/mol. The topological polar surface area (TPSA) is 59.6 Å². The fraction of sp³-hybridized carbons (Fsp3) is 0.235. The lowest BCUT2D eigenvalue weighted by atomic mass is 10.3. The van der Waals surface area contributed by atoms with Crippen LogP contribution in [-0.2, 0) is 9.53 Å². The summed E-state index contributed by atoms with van der Waals surface area (Å²) < 4.78 is 10.4. The summed E-state index contributed by atoms with van der Waals surface area (Å²) in [5.74, 6) is 0.478. The molecule has 0 heterocycles. The zero-order valence-electron chi connectivity index (χ0n) is 13.4. The van der Waals surface area contributed by atoms with Crippen molar-refractivity contribution in [3.8, 4) is 5.75 Å². The van der Waals surface area contributed by atoms with Gasteiger partial charge in [0.2, 0.25) is 5.91 Å². The molecule has 0 aliphatic heterocycles. The maximum Gasteiger partial charge on any atom is 0.243 e. The third-order valence-electron chi connectivity index (χ3n) is 3.14. The van der Waals surface area contributed by atoms with E-state index in [1.54, 1.807) is 37.4 Å². The Morgan fingerprint density at radius 2 is 1.68 bits per heavy atom. The summed E-state index contributed by atoms with van der Waals surface area (Å²) in [7, 11) is 1.61. The Hall–Kier alpha value is -1.66. The van der Waals surface area contributed by atoms with Crippen LogP contribution < -0.4 is 15.4 Å². The first-order chi connectivity index (χ1) is 12.0. The molecule has 0 saturated carbocycles. The number of hydrogen-bond acceptors (Lipinski definition) is 4. The van der Waals surface area contributed by atoms with Gasteiger partial charge in [0.25, 0.3) is 0 Å². The van der Waals surface area contributed by atoms with E-state index in [4.69, 9.17) is 44.3 Å². The Morgan fingerprint density at radius 3 is 2.36 bits per heavy atom. The zero-order chi connectivity index (χ0) is 18.2. The van der Waals surface area contributed by atoms with E-state index in [-0.39, 0.29) is 12.5 Å². The van der Waals surface area contributed by atoms with Crippen molar-refractivity contribution in [1.29, 1.82) is 0 Å². The fourth-order valence-corrected chi connectivity index (χ4v) is 2.53. The molecule has 0 aliphatic rings. The summed E-state index contributed by atoms with van der Waals surface area (Å²) in [4.78, 5) is 12.0. The third-order valence-corrected chi connectivity index (χ3v) is 4.18. The van der Waals surface area contributed by atoms with Gasteiger partial charge in [0, 0.05) is 12.8 Å². The maximum atomic E-state index is 12.0. The summed E-state index contributed by atoms with van der Waals surface area (Å²) in [6, 6.07) is 10.2. The number of hydrogen-bond donors (Lipinski definition) is 2. The molecule has 0 atom stereocenters. The number of amides is 1. The van der Waals surface area contributed by atoms with Crippen LogP contribution in [0.3, 0.4) is 0 Å². The van der Waals surface area contributed by atoms with Crippen LogP contribution in [0.25, 0.3) is 0 Å². The monoisotopic (exact) mass is 402 g/mol. The van der Waals surface area contributed by atoms with E-state index in [2.05, 4.69) is 10.6 Å². The van der Waals surface area contributed by atoms with Crippen molar-refractivity contribution in [1.82, 2.24) is 0 Å². The standard InChI is InChI=1S/C17H17Cl3N2O3/c1-24-6-7-25-12-4-2-11(3-5-12)22-17(23)10-21-16-9-14(19)13(18)8-15(16)20/h2-5,8-9,21H,6-7,10H2,1H3,(H,22,23). The molecule has 0 radical (unpaired) electrons. The number of halogens is 3. The van der Waals surface area contributed by atoms with Crippen LogP contribution in [0.1, 0.15) is 0 Å². The van der Waals surface area contributed by atoms with Gasteiger partial charge in [0.15, 0.2) is 0 Å². The van der Waals surface area contributed by atoms with Crippen molar-refractivity contribution in [3.63, 3.8) is 0 Å². The second-order valence-corrected chi connectivity index (χ2v) is 6.24. The molecule has 0 saturated heterocycles. The highest BCUT2D eigenvalue weighted by Gasteiger charge is 2.08. The molecule has 25 heavy (non-hydrogen) atoms. The highest BCUT2D eigenvalue weighted by molar-refractivity contribution is 6.44. The number of methoxy groups -OCH3 is 1. The summed E-state index contributed by atoms with van der Waals surface area (Å²) in [5, 5.41) is 6.79. The summed E-state index contributed by atoms with van der Waals surface area (Å²) >= 11 is 17.9. The Kier molecular flexibility index (Phi) is 7.65. The minimum atomic E-state index is -0.227. The molecular formula is C17H17Cl3N2O3. The molecule has 134 valence electrons. The summed E-state index contributed by atoms with van der Waals surface area (Å²) in [5.41, 5.74) is 1.19. The van der Waals surface area contributed by atoms with Crippen molar-refractivity contribution in [2.75, 3.05) is 37.5 Å². The number of anilines is 2. The number of nitrogens with one attached hydrogen (secondary N) is 2. The lowest BCUT2D eigenvalue weighted by molar-refractivity contribution is -0.114. The predicted octanol–water partition coefficient (Wildman–Crippen LogP) is 4.72. The number of rotatable bonds is 8. The van der Waals surface area contributed by atoms with Crippen molar-refractivity contribution < 1.29 is 14.3 Å². The number of carbonyl (C=O) groups is 1. The zero-order valence-corrected chi connectivity index (χ0v) is 15.7. The van der Waals surface area contributed by atoms with Crippen LogP contribution in [0, 0.1) is 0 Å². The minimum absolute atomic E-state index is 0.0315. The molecule has 0 aromatic heterocycles. The van der Waals surface area contributed by atoms with Crippen LogP contribution in [0.5, 0.6) is 5.75 Å². The predicted molar refractivity (Wildman–Crippen MR) is 102 cm³/mol. The lowest BCUT2D eigenvalue weighted by Gasteiger charge is -2.11. The van der Waals surface area contributed by atoms with Crippen molar-refractivity contribution in [2.24, 2.45) is 0 Å². The molecule has 2 aromatic rings. The number of benzene rings is 2. The van der Waals surface area contributed by atoms with E-state index < -0.39 is 0 Å². The number of carbonyl (C=O) groups excluding carboxylic acids is 1. The molecule has 0 fully saturated rings. The van der Waals surface area contributed by atoms with Gasteiger partial charge in [-0.25, -0.2) is 0 Å². The Labute approximate surface area is 161 Å². The van der Waals surface area contributed by atoms with E-state index in [9.17, 15) is 4.79 Å². The van der Waals surface area contributed by atoms with Gasteiger partial charge >= 0.3 is 0 Å². The molecule has 5 nitrogen and oxygen atoms in total. The van der Waals surface area contributed by atoms with Gasteiger partial charge in [-0.2, -0.15) is 0 Å². The van der Waals surface area contributed by atoms with E-state index in [1.807, 2.05) is 0 Å². The first kappa shape index (κ1) is 19.7. The molecule has 1 amide bonds. The van der Waals surface area contributed by atoms with E-state index in [0.29, 0.717) is 45.4 Å². The third kappa shape index (κ3) is 6.29. The molecule has 0 unspecified atom stereocenters. The fourth-order valence-electron chi connectivity index (χ4n) is 1.92. The first-order valence-corrected chi connectivity index (χ1v) is 8.53. The second-order valence-electron chi connectivity index (χ2n) is 5.01. The Morgan fingerprint density at radius 1 is 1.00 bits per heavy atom. The molecule has 0 bridgehead atoms. The van der Waals surface area contributed by atoms with Crippen LogP contribution >= 0.6 is 34.8 Å². The molecule has 0 spiro atoms. The summed E-state index contributed by atoms with van der Waals surface area (Å²) in [6.07, 6.45) is 0. The van der Waals surface area contributed by atoms with E-state index >= 15 is 0 Å². The van der Waals surface area contributed by atoms with Gasteiger partial charge in [-0.15, -0.1) is 0 Å². The highest BCUT2D eigenvalue weighted by atomic mass is 35.5. The Balaban J connectivity index is 1.85. The number of ether oxygens (including phenoxy) is 2. The maximum absolute atomic E-state index is 12.0. The van der Waals surface area contributed by atoms with Crippen molar-refractivity contribution in [3.05, 3.63) is 51.5 Å². The highest BCUT2D eigenvalue weighted by Crippen LogP contribution is 2.32. The minimum Gasteiger partial charge on any atom is -0.491 e. The molecule has 2 N–H and O–H groups in total. The molecule has 0 aliphatic carbocycles. The van der Waals surface area contributed by atoms with Crippen LogP contribution in [-0.4, -0.2) is 32.8 Å². The molecule has 2 rings (SSSR count). The molecular weight excluding hydrogens is 387 g/mol. The molecule has 2 aromatic carbocycles.